The van der Waals surface area contributed by atoms with Gasteiger partial charge in [-0.1, -0.05) is 6.07 Å². The Hall–Kier alpha value is -2.40. The first kappa shape index (κ1) is 12.1. The number of phenolic OH excluding ortho intramolecular Hbond substituents is 1. The van der Waals surface area contributed by atoms with Crippen LogP contribution in [0.3, 0.4) is 0 Å². The number of aromatic hydroxyl groups is 1. The quantitative estimate of drug-likeness (QED) is 0.762. The smallest absolute Gasteiger partial charge is 0.259 e. The Bertz CT molecular complexity index is 555. The van der Waals surface area contributed by atoms with Crippen LogP contribution in [-0.4, -0.2) is 16.0 Å². The van der Waals surface area contributed by atoms with Crippen molar-refractivity contribution < 1.29 is 9.90 Å². The van der Waals surface area contributed by atoms with Crippen molar-refractivity contribution in [2.75, 3.05) is 5.32 Å². The second-order valence-electron chi connectivity index (χ2n) is 3.75. The largest absolute Gasteiger partial charge is 0.507 e. The number of pyridine rings is 1. The maximum absolute atomic E-state index is 11.9. The third-order valence-corrected chi connectivity index (χ3v) is 2.48. The lowest BCUT2D eigenvalue weighted by Gasteiger charge is -2.07. The highest BCUT2D eigenvalue weighted by Gasteiger charge is 2.11. The Labute approximate surface area is 104 Å². The third-order valence-electron chi connectivity index (χ3n) is 2.48. The van der Waals surface area contributed by atoms with Crippen LogP contribution in [0.25, 0.3) is 0 Å². The molecule has 92 valence electrons. The Kier molecular flexibility index (Phi) is 3.54. The molecule has 0 unspecified atom stereocenters. The number of hydrogen-bond donors (Lipinski definition) is 3. The summed E-state index contributed by atoms with van der Waals surface area (Å²) in [5.74, 6) is -0.452. The number of nitrogens with zero attached hydrogens (tertiary/aromatic N) is 1. The van der Waals surface area contributed by atoms with Gasteiger partial charge in [0, 0.05) is 24.6 Å². The van der Waals surface area contributed by atoms with E-state index in [1.807, 2.05) is 0 Å². The Morgan fingerprint density at radius 3 is 2.61 bits per heavy atom. The van der Waals surface area contributed by atoms with E-state index in [1.54, 1.807) is 36.7 Å². The minimum Gasteiger partial charge on any atom is -0.507 e. The molecule has 4 N–H and O–H groups in total. The number of rotatable bonds is 3. The van der Waals surface area contributed by atoms with Gasteiger partial charge in [0.1, 0.15) is 5.75 Å². The summed E-state index contributed by atoms with van der Waals surface area (Å²) in [7, 11) is 0. The fourth-order valence-electron chi connectivity index (χ4n) is 1.53. The molecule has 18 heavy (non-hydrogen) atoms. The summed E-state index contributed by atoms with van der Waals surface area (Å²) in [6.07, 6.45) is 3.15. The molecule has 5 nitrogen and oxygen atoms in total. The van der Waals surface area contributed by atoms with Crippen LogP contribution in [0.15, 0.2) is 42.7 Å². The second-order valence-corrected chi connectivity index (χ2v) is 3.75. The summed E-state index contributed by atoms with van der Waals surface area (Å²) in [5.41, 5.74) is 7.06. The normalized spacial score (nSPS) is 10.1. The van der Waals surface area contributed by atoms with Gasteiger partial charge in [0.2, 0.25) is 0 Å². The zero-order chi connectivity index (χ0) is 13.0. The Balaban J connectivity index is 2.19. The van der Waals surface area contributed by atoms with Crippen molar-refractivity contribution in [3.05, 3.63) is 53.9 Å². The molecule has 0 atom stereocenters. The molecular weight excluding hydrogens is 230 g/mol. The molecule has 1 aromatic heterocycles. The number of nitrogens with two attached hydrogens (primary N) is 1. The van der Waals surface area contributed by atoms with Crippen LogP contribution >= 0.6 is 0 Å². The minimum absolute atomic E-state index is 0.0792. The van der Waals surface area contributed by atoms with Crippen molar-refractivity contribution in [2.45, 2.75) is 6.54 Å². The fraction of sp³-hybridized carbons (Fsp3) is 0.0769. The van der Waals surface area contributed by atoms with Crippen molar-refractivity contribution in [3.8, 4) is 5.75 Å². The molecule has 0 bridgehead atoms. The van der Waals surface area contributed by atoms with Crippen molar-refractivity contribution in [1.82, 2.24) is 4.98 Å². The molecule has 1 aromatic carbocycles. The number of amides is 1. The van der Waals surface area contributed by atoms with E-state index in [0.29, 0.717) is 12.2 Å². The van der Waals surface area contributed by atoms with Crippen LogP contribution in [0.2, 0.25) is 0 Å². The van der Waals surface area contributed by atoms with Gasteiger partial charge in [-0.15, -0.1) is 0 Å². The number of nitrogens with one attached hydrogen (secondary N) is 1. The van der Waals surface area contributed by atoms with Crippen LogP contribution in [0, 0.1) is 0 Å². The summed E-state index contributed by atoms with van der Waals surface area (Å²) in [4.78, 5) is 15.8. The zero-order valence-corrected chi connectivity index (χ0v) is 9.63. The molecule has 0 saturated heterocycles. The number of benzene rings is 1. The van der Waals surface area contributed by atoms with Crippen molar-refractivity contribution >= 4 is 11.6 Å². The second kappa shape index (κ2) is 5.29. The summed E-state index contributed by atoms with van der Waals surface area (Å²) >= 11 is 0. The number of carbonyl (C=O) groups is 1. The molecule has 2 aromatic rings. The Morgan fingerprint density at radius 2 is 2.00 bits per heavy atom. The summed E-state index contributed by atoms with van der Waals surface area (Å²) in [5, 5.41) is 12.4. The number of hydrogen-bond acceptors (Lipinski definition) is 4. The highest BCUT2D eigenvalue weighted by molar-refractivity contribution is 6.06. The molecule has 0 saturated carbocycles. The summed E-state index contributed by atoms with van der Waals surface area (Å²) in [6.45, 7) is 0.319. The predicted octanol–water partition coefficient (Wildman–Crippen LogP) is 1.50. The summed E-state index contributed by atoms with van der Waals surface area (Å²) in [6, 6.07) is 8.09. The van der Waals surface area contributed by atoms with Crippen molar-refractivity contribution in [3.63, 3.8) is 0 Å². The lowest BCUT2D eigenvalue weighted by Crippen LogP contribution is -2.12. The van der Waals surface area contributed by atoms with Gasteiger partial charge in [-0.25, -0.2) is 0 Å². The van der Waals surface area contributed by atoms with Crippen LogP contribution in [0.5, 0.6) is 5.75 Å². The van der Waals surface area contributed by atoms with E-state index in [1.165, 1.54) is 6.07 Å². The van der Waals surface area contributed by atoms with Gasteiger partial charge < -0.3 is 16.2 Å². The van der Waals surface area contributed by atoms with E-state index in [-0.39, 0.29) is 17.2 Å². The maximum atomic E-state index is 11.9. The van der Waals surface area contributed by atoms with E-state index in [2.05, 4.69) is 10.3 Å². The fourth-order valence-corrected chi connectivity index (χ4v) is 1.53. The first-order valence-electron chi connectivity index (χ1n) is 5.44. The SMILES string of the molecule is NCc1ccc(C(=O)Nc2ccncc2)c(O)c1. The van der Waals surface area contributed by atoms with Gasteiger partial charge in [0.25, 0.3) is 5.91 Å². The molecule has 0 radical (unpaired) electrons. The van der Waals surface area contributed by atoms with Crippen LogP contribution in [0.1, 0.15) is 15.9 Å². The van der Waals surface area contributed by atoms with Crippen LogP contribution < -0.4 is 11.1 Å². The van der Waals surface area contributed by atoms with Gasteiger partial charge in [0.15, 0.2) is 0 Å². The van der Waals surface area contributed by atoms with Crippen molar-refractivity contribution in [2.24, 2.45) is 5.73 Å². The van der Waals surface area contributed by atoms with E-state index in [4.69, 9.17) is 5.73 Å². The van der Waals surface area contributed by atoms with Gasteiger partial charge in [-0.2, -0.15) is 0 Å². The molecule has 0 aliphatic rings. The van der Waals surface area contributed by atoms with Crippen LogP contribution in [-0.2, 0) is 6.54 Å². The molecule has 1 heterocycles. The third kappa shape index (κ3) is 2.64. The lowest BCUT2D eigenvalue weighted by atomic mass is 10.1. The predicted molar refractivity (Wildman–Crippen MR) is 68.2 cm³/mol. The average molecular weight is 243 g/mol. The molecule has 0 aliphatic carbocycles. The van der Waals surface area contributed by atoms with Crippen LogP contribution in [0.4, 0.5) is 5.69 Å². The standard InChI is InChI=1S/C13H13N3O2/c14-8-9-1-2-11(12(17)7-9)13(18)16-10-3-5-15-6-4-10/h1-7,17H,8,14H2,(H,15,16,18). The van der Waals surface area contributed by atoms with E-state index < -0.39 is 0 Å². The average Bonchev–Trinajstić information content (AvgIpc) is 2.39. The molecule has 0 aliphatic heterocycles. The highest BCUT2D eigenvalue weighted by Crippen LogP contribution is 2.20. The molecular formula is C13H13N3O2. The first-order chi connectivity index (χ1) is 8.70. The molecule has 0 fully saturated rings. The van der Waals surface area contributed by atoms with Gasteiger partial charge in [-0.05, 0) is 29.8 Å². The number of aromatic nitrogens is 1. The highest BCUT2D eigenvalue weighted by atomic mass is 16.3. The molecule has 1 amide bonds. The van der Waals surface area contributed by atoms with E-state index >= 15 is 0 Å². The molecule has 0 spiro atoms. The number of anilines is 1. The van der Waals surface area contributed by atoms with E-state index in [0.717, 1.165) is 5.56 Å². The molecule has 2 rings (SSSR count). The van der Waals surface area contributed by atoms with Gasteiger partial charge in [-0.3, -0.25) is 9.78 Å². The maximum Gasteiger partial charge on any atom is 0.259 e. The summed E-state index contributed by atoms with van der Waals surface area (Å²) < 4.78 is 0. The zero-order valence-electron chi connectivity index (χ0n) is 9.63. The van der Waals surface area contributed by atoms with E-state index in [9.17, 15) is 9.90 Å². The minimum atomic E-state index is -0.373. The lowest BCUT2D eigenvalue weighted by molar-refractivity contribution is 0.102. The number of phenols is 1. The Morgan fingerprint density at radius 1 is 1.28 bits per heavy atom. The van der Waals surface area contributed by atoms with Crippen molar-refractivity contribution in [1.29, 1.82) is 0 Å². The first-order valence-corrected chi connectivity index (χ1v) is 5.44. The van der Waals surface area contributed by atoms with Gasteiger partial charge >= 0.3 is 0 Å². The number of carbonyl (C=O) groups excluding carboxylic acids is 1. The monoisotopic (exact) mass is 243 g/mol. The topological polar surface area (TPSA) is 88.2 Å². The van der Waals surface area contributed by atoms with Gasteiger partial charge in [0.05, 0.1) is 5.56 Å². The molecule has 5 heteroatoms.